The molecule has 2 heterocycles. The monoisotopic (exact) mass is 484 g/mol. The van der Waals surface area contributed by atoms with Crippen LogP contribution in [0.4, 0.5) is 11.5 Å². The van der Waals surface area contributed by atoms with Crippen molar-refractivity contribution in [2.24, 2.45) is 5.41 Å². The number of hydrogen-bond donors (Lipinski definition) is 3. The summed E-state index contributed by atoms with van der Waals surface area (Å²) in [6.07, 6.45) is 2.54. The summed E-state index contributed by atoms with van der Waals surface area (Å²) in [5.74, 6) is -0.805. The molecule has 36 heavy (non-hydrogen) atoms. The molecule has 8 heteroatoms. The number of aromatic carboxylic acids is 1. The van der Waals surface area contributed by atoms with Crippen LogP contribution >= 0.6 is 0 Å². The minimum Gasteiger partial charge on any atom is -0.478 e. The third-order valence-electron chi connectivity index (χ3n) is 6.99. The predicted molar refractivity (Wildman–Crippen MR) is 136 cm³/mol. The van der Waals surface area contributed by atoms with E-state index in [1.54, 1.807) is 16.8 Å². The van der Waals surface area contributed by atoms with E-state index in [0.717, 1.165) is 22.4 Å². The smallest absolute Gasteiger partial charge is 0.335 e. The lowest BCUT2D eigenvalue weighted by atomic mass is 9.73. The fourth-order valence-electron chi connectivity index (χ4n) is 5.01. The quantitative estimate of drug-likeness (QED) is 0.474. The van der Waals surface area contributed by atoms with Crippen molar-refractivity contribution >= 4 is 29.2 Å². The number of benzene rings is 2. The molecule has 0 saturated heterocycles. The molecule has 2 aliphatic rings. The topological polar surface area (TPSA) is 113 Å². The number of hydrogen-bond acceptors (Lipinski definition) is 5. The fourth-order valence-corrected chi connectivity index (χ4v) is 5.01. The number of aryl methyl sites for hydroxylation is 2. The number of carbonyl (C=O) groups is 3. The second-order valence-electron chi connectivity index (χ2n) is 10.4. The summed E-state index contributed by atoms with van der Waals surface area (Å²) < 4.78 is 1.65. The molecule has 0 radical (unpaired) electrons. The highest BCUT2D eigenvalue weighted by atomic mass is 16.4. The van der Waals surface area contributed by atoms with Gasteiger partial charge in [-0.2, -0.15) is 5.10 Å². The van der Waals surface area contributed by atoms with Gasteiger partial charge in [-0.1, -0.05) is 32.0 Å². The SMILES string of the molecule is Cc1ccc(NC(=O)c2cnn3c2NC2=C(C(=O)CC(C)(C)C2)[C@H]3c2ccc(C(=O)O)cc2)cc1C. The van der Waals surface area contributed by atoms with Crippen molar-refractivity contribution in [3.63, 3.8) is 0 Å². The van der Waals surface area contributed by atoms with Crippen LogP contribution in [-0.4, -0.2) is 32.5 Å². The van der Waals surface area contributed by atoms with Crippen molar-refractivity contribution in [3.8, 4) is 0 Å². The molecule has 8 nitrogen and oxygen atoms in total. The Hall–Kier alpha value is -4.20. The molecular formula is C28H28N4O4. The van der Waals surface area contributed by atoms with E-state index in [1.165, 1.54) is 18.3 Å². The standard InChI is InChI=1S/C28H28N4O4/c1-15-5-10-19(11-16(15)2)30-26(34)20-14-29-32-24(17-6-8-18(9-7-17)27(35)36)23-21(31-25(20)32)12-28(3,4)13-22(23)33/h5-11,14,24,31H,12-13H2,1-4H3,(H,30,34)(H,35,36)/t24-/m1/s1. The molecule has 0 saturated carbocycles. The number of rotatable bonds is 4. The molecule has 0 fully saturated rings. The Kier molecular flexibility index (Phi) is 5.54. The van der Waals surface area contributed by atoms with Crippen molar-refractivity contribution in [2.45, 2.75) is 46.6 Å². The van der Waals surface area contributed by atoms with E-state index in [1.807, 2.05) is 45.9 Å². The minimum absolute atomic E-state index is 0.0170. The molecule has 3 aromatic rings. The van der Waals surface area contributed by atoms with Gasteiger partial charge in [0.2, 0.25) is 0 Å². The second-order valence-corrected chi connectivity index (χ2v) is 10.4. The molecule has 1 aliphatic heterocycles. The van der Waals surface area contributed by atoms with Crippen molar-refractivity contribution < 1.29 is 19.5 Å². The Morgan fingerprint density at radius 2 is 1.81 bits per heavy atom. The van der Waals surface area contributed by atoms with Crippen LogP contribution in [-0.2, 0) is 4.79 Å². The van der Waals surface area contributed by atoms with Crippen LogP contribution in [0.15, 0.2) is 59.9 Å². The number of fused-ring (bicyclic) bond motifs is 1. The number of anilines is 2. The van der Waals surface area contributed by atoms with E-state index in [2.05, 4.69) is 15.7 Å². The van der Waals surface area contributed by atoms with Gasteiger partial charge >= 0.3 is 5.97 Å². The molecule has 1 atom stereocenters. The molecule has 1 amide bonds. The number of ketones is 1. The Bertz CT molecular complexity index is 1450. The highest BCUT2D eigenvalue weighted by Crippen LogP contribution is 2.46. The first-order valence-corrected chi connectivity index (χ1v) is 11.9. The predicted octanol–water partition coefficient (Wildman–Crippen LogP) is 5.11. The van der Waals surface area contributed by atoms with Crippen LogP contribution in [0.2, 0.25) is 0 Å². The van der Waals surface area contributed by atoms with Crippen LogP contribution in [0.3, 0.4) is 0 Å². The maximum atomic E-state index is 13.3. The van der Waals surface area contributed by atoms with E-state index in [0.29, 0.717) is 35.5 Å². The van der Waals surface area contributed by atoms with Crippen LogP contribution in [0.1, 0.15) is 70.1 Å². The van der Waals surface area contributed by atoms with Gasteiger partial charge in [0.15, 0.2) is 5.78 Å². The number of allylic oxidation sites excluding steroid dienone is 2. The number of amides is 1. The molecule has 0 spiro atoms. The Morgan fingerprint density at radius 1 is 1.08 bits per heavy atom. The average Bonchev–Trinajstić information content (AvgIpc) is 3.23. The third kappa shape index (κ3) is 4.08. The highest BCUT2D eigenvalue weighted by molar-refractivity contribution is 6.08. The van der Waals surface area contributed by atoms with Crippen LogP contribution < -0.4 is 10.6 Å². The van der Waals surface area contributed by atoms with Gasteiger partial charge in [0.05, 0.1) is 11.8 Å². The third-order valence-corrected chi connectivity index (χ3v) is 6.99. The van der Waals surface area contributed by atoms with Gasteiger partial charge in [-0.15, -0.1) is 0 Å². The summed E-state index contributed by atoms with van der Waals surface area (Å²) >= 11 is 0. The summed E-state index contributed by atoms with van der Waals surface area (Å²) in [7, 11) is 0. The van der Waals surface area contributed by atoms with Crippen LogP contribution in [0.25, 0.3) is 0 Å². The van der Waals surface area contributed by atoms with E-state index >= 15 is 0 Å². The normalized spacial score (nSPS) is 18.2. The fraction of sp³-hybridized carbons (Fsp3) is 0.286. The lowest BCUT2D eigenvalue weighted by Crippen LogP contribution is -2.37. The van der Waals surface area contributed by atoms with E-state index in [9.17, 15) is 19.5 Å². The summed E-state index contributed by atoms with van der Waals surface area (Å²) in [5, 5.41) is 20.1. The zero-order valence-electron chi connectivity index (χ0n) is 20.7. The molecule has 0 unspecified atom stereocenters. The molecule has 184 valence electrons. The van der Waals surface area contributed by atoms with Gasteiger partial charge in [0.1, 0.15) is 17.4 Å². The summed E-state index contributed by atoms with van der Waals surface area (Å²) in [4.78, 5) is 38.0. The molecule has 2 aromatic carbocycles. The molecule has 0 bridgehead atoms. The van der Waals surface area contributed by atoms with Crippen molar-refractivity contribution in [3.05, 3.63) is 87.7 Å². The highest BCUT2D eigenvalue weighted by Gasteiger charge is 2.42. The zero-order chi connectivity index (χ0) is 25.8. The molecule has 5 rings (SSSR count). The molecular weight excluding hydrogens is 456 g/mol. The van der Waals surface area contributed by atoms with Crippen molar-refractivity contribution in [1.82, 2.24) is 9.78 Å². The van der Waals surface area contributed by atoms with Gasteiger partial charge in [-0.25, -0.2) is 9.48 Å². The van der Waals surface area contributed by atoms with Gasteiger partial charge in [0.25, 0.3) is 5.91 Å². The lowest BCUT2D eigenvalue weighted by molar-refractivity contribution is -0.118. The lowest BCUT2D eigenvalue weighted by Gasteiger charge is -2.39. The Balaban J connectivity index is 1.58. The number of nitrogens with zero attached hydrogens (tertiary/aromatic N) is 2. The number of carboxylic acids is 1. The largest absolute Gasteiger partial charge is 0.478 e. The zero-order valence-corrected chi connectivity index (χ0v) is 20.7. The summed E-state index contributed by atoms with van der Waals surface area (Å²) in [6.45, 7) is 8.10. The number of carboxylic acid groups (broad SMARTS) is 1. The van der Waals surface area contributed by atoms with Gasteiger partial charge in [0, 0.05) is 23.4 Å². The summed E-state index contributed by atoms with van der Waals surface area (Å²) in [5.41, 5.74) is 5.30. The molecule has 1 aliphatic carbocycles. The number of aromatic nitrogens is 2. The first kappa shape index (κ1) is 23.5. The maximum Gasteiger partial charge on any atom is 0.335 e. The van der Waals surface area contributed by atoms with E-state index in [4.69, 9.17) is 0 Å². The van der Waals surface area contributed by atoms with Crippen LogP contribution in [0, 0.1) is 19.3 Å². The molecule has 3 N–H and O–H groups in total. The van der Waals surface area contributed by atoms with Crippen molar-refractivity contribution in [1.29, 1.82) is 0 Å². The maximum absolute atomic E-state index is 13.3. The average molecular weight is 485 g/mol. The number of nitrogens with one attached hydrogen (secondary N) is 2. The summed E-state index contributed by atoms with van der Waals surface area (Å²) in [6, 6.07) is 11.6. The van der Waals surface area contributed by atoms with Crippen molar-refractivity contribution in [2.75, 3.05) is 10.6 Å². The van der Waals surface area contributed by atoms with E-state index < -0.39 is 12.0 Å². The van der Waals surface area contributed by atoms with E-state index in [-0.39, 0.29) is 22.7 Å². The Morgan fingerprint density at radius 3 is 2.47 bits per heavy atom. The first-order chi connectivity index (χ1) is 17.0. The van der Waals surface area contributed by atoms with Gasteiger partial charge < -0.3 is 15.7 Å². The minimum atomic E-state index is -1.02. The number of Topliss-reactive ketones (excluding diaryl/α,β-unsaturated/α-hetero) is 1. The second kappa shape index (κ2) is 8.48. The van der Waals surface area contributed by atoms with Gasteiger partial charge in [-0.3, -0.25) is 9.59 Å². The Labute approximate surface area is 209 Å². The first-order valence-electron chi connectivity index (χ1n) is 11.9. The molecule has 1 aromatic heterocycles. The van der Waals surface area contributed by atoms with Crippen LogP contribution in [0.5, 0.6) is 0 Å². The number of carbonyl (C=O) groups excluding carboxylic acids is 2. The van der Waals surface area contributed by atoms with Gasteiger partial charge in [-0.05, 0) is 66.6 Å².